The third-order valence-electron chi connectivity index (χ3n) is 2.90. The van der Waals surface area contributed by atoms with Gasteiger partial charge in [0, 0.05) is 11.9 Å². The molecule has 0 aliphatic rings. The lowest BCUT2D eigenvalue weighted by molar-refractivity contribution is 0.598. The second-order valence-corrected chi connectivity index (χ2v) is 5.96. The molecule has 0 spiro atoms. The fourth-order valence-corrected chi connectivity index (χ4v) is 2.29. The van der Waals surface area contributed by atoms with E-state index < -0.39 is 10.0 Å². The molecule has 0 aliphatic carbocycles. The Morgan fingerprint density at radius 2 is 2.11 bits per heavy atom. The lowest BCUT2D eigenvalue weighted by atomic mass is 10.1. The van der Waals surface area contributed by atoms with Gasteiger partial charge in [-0.2, -0.15) is 5.10 Å². The van der Waals surface area contributed by atoms with Gasteiger partial charge in [0.15, 0.2) is 0 Å². The van der Waals surface area contributed by atoms with Gasteiger partial charge in [0.25, 0.3) is 0 Å². The van der Waals surface area contributed by atoms with Crippen LogP contribution in [0, 0.1) is 6.92 Å². The Morgan fingerprint density at radius 1 is 1.37 bits per heavy atom. The molecule has 0 radical (unpaired) electrons. The number of hydrogen-bond donors (Lipinski definition) is 3. The van der Waals surface area contributed by atoms with Crippen molar-refractivity contribution in [2.45, 2.75) is 24.8 Å². The quantitative estimate of drug-likeness (QED) is 0.790. The van der Waals surface area contributed by atoms with Crippen molar-refractivity contribution in [1.29, 1.82) is 0 Å². The van der Waals surface area contributed by atoms with E-state index in [0.29, 0.717) is 0 Å². The van der Waals surface area contributed by atoms with Gasteiger partial charge in [-0.3, -0.25) is 5.10 Å². The Balaban J connectivity index is 2.30. The first-order valence-corrected chi connectivity index (χ1v) is 7.32. The van der Waals surface area contributed by atoms with Crippen molar-refractivity contribution in [3.8, 4) is 0 Å². The number of sulfonamides is 1. The first-order chi connectivity index (χ1) is 8.88. The van der Waals surface area contributed by atoms with Crippen molar-refractivity contribution in [2.24, 2.45) is 5.14 Å². The van der Waals surface area contributed by atoms with Gasteiger partial charge in [-0.1, -0.05) is 6.07 Å². The summed E-state index contributed by atoms with van der Waals surface area (Å²) in [5, 5.41) is 15.1. The van der Waals surface area contributed by atoms with E-state index in [1.807, 2.05) is 19.9 Å². The number of nitrogens with one attached hydrogen (secondary N) is 2. The summed E-state index contributed by atoms with van der Waals surface area (Å²) in [6.07, 6.45) is 1.67. The van der Waals surface area contributed by atoms with E-state index in [4.69, 9.17) is 5.14 Å². The maximum absolute atomic E-state index is 11.3. The summed E-state index contributed by atoms with van der Waals surface area (Å²) in [5.74, 6) is 0. The minimum atomic E-state index is -3.69. The normalized spacial score (nSPS) is 13.2. The Hall–Kier alpha value is -1.86. The van der Waals surface area contributed by atoms with Crippen LogP contribution in [0.15, 0.2) is 35.4 Å². The first-order valence-electron chi connectivity index (χ1n) is 5.77. The van der Waals surface area contributed by atoms with E-state index in [2.05, 4.69) is 15.5 Å². The molecule has 4 N–H and O–H groups in total. The summed E-state index contributed by atoms with van der Waals surface area (Å²) in [5.41, 5.74) is 2.59. The summed E-state index contributed by atoms with van der Waals surface area (Å²) in [7, 11) is -3.69. The van der Waals surface area contributed by atoms with Crippen LogP contribution >= 0.6 is 0 Å². The average molecular weight is 280 g/mol. The fourth-order valence-electron chi connectivity index (χ4n) is 1.75. The van der Waals surface area contributed by atoms with E-state index in [9.17, 15) is 8.42 Å². The Morgan fingerprint density at radius 3 is 2.68 bits per heavy atom. The molecule has 0 fully saturated rings. The smallest absolute Gasteiger partial charge is 0.238 e. The number of rotatable bonds is 4. The second-order valence-electron chi connectivity index (χ2n) is 4.40. The van der Waals surface area contributed by atoms with Crippen molar-refractivity contribution in [3.05, 3.63) is 41.7 Å². The van der Waals surface area contributed by atoms with Crippen molar-refractivity contribution < 1.29 is 8.42 Å². The van der Waals surface area contributed by atoms with Crippen LogP contribution in [0.5, 0.6) is 0 Å². The van der Waals surface area contributed by atoms with Crippen molar-refractivity contribution in [3.63, 3.8) is 0 Å². The monoisotopic (exact) mass is 280 g/mol. The van der Waals surface area contributed by atoms with Crippen molar-refractivity contribution in [1.82, 2.24) is 10.2 Å². The number of primary sulfonamides is 1. The number of hydrogen-bond acceptors (Lipinski definition) is 4. The summed E-state index contributed by atoms with van der Waals surface area (Å²) >= 11 is 0. The fraction of sp³-hybridized carbons (Fsp3) is 0.250. The molecule has 1 aromatic heterocycles. The molecular weight excluding hydrogens is 264 g/mol. The molecule has 102 valence electrons. The molecule has 0 amide bonds. The maximum Gasteiger partial charge on any atom is 0.238 e. The second kappa shape index (κ2) is 5.02. The Kier molecular flexibility index (Phi) is 3.59. The lowest BCUT2D eigenvalue weighted by Gasteiger charge is -2.16. The molecule has 2 rings (SSSR count). The summed E-state index contributed by atoms with van der Waals surface area (Å²) < 4.78 is 22.7. The van der Waals surface area contributed by atoms with Crippen LogP contribution in [0.25, 0.3) is 0 Å². The van der Waals surface area contributed by atoms with Gasteiger partial charge in [-0.15, -0.1) is 0 Å². The molecule has 0 aliphatic heterocycles. The number of H-pyrrole nitrogens is 1. The molecule has 7 heteroatoms. The van der Waals surface area contributed by atoms with Crippen LogP contribution < -0.4 is 10.5 Å². The van der Waals surface area contributed by atoms with E-state index in [0.717, 1.165) is 16.9 Å². The topological polar surface area (TPSA) is 101 Å². The Bertz CT molecular complexity index is 665. The first kappa shape index (κ1) is 13.6. The summed E-state index contributed by atoms with van der Waals surface area (Å²) in [6.45, 7) is 3.85. The predicted molar refractivity (Wildman–Crippen MR) is 73.2 cm³/mol. The van der Waals surface area contributed by atoms with Gasteiger partial charge < -0.3 is 5.32 Å². The molecule has 2 aromatic rings. The SMILES string of the molecule is Cc1ccc(S(N)(=O)=O)cc1NC(C)c1ccn[nH]1. The minimum Gasteiger partial charge on any atom is -0.377 e. The van der Waals surface area contributed by atoms with Crippen molar-refractivity contribution in [2.75, 3.05) is 5.32 Å². The van der Waals surface area contributed by atoms with Gasteiger partial charge in [-0.05, 0) is 37.6 Å². The van der Waals surface area contributed by atoms with E-state index in [-0.39, 0.29) is 10.9 Å². The molecule has 0 saturated heterocycles. The zero-order valence-corrected chi connectivity index (χ0v) is 11.5. The highest BCUT2D eigenvalue weighted by molar-refractivity contribution is 7.89. The summed E-state index contributed by atoms with van der Waals surface area (Å²) in [4.78, 5) is 0.0948. The van der Waals surface area contributed by atoms with Crippen LogP contribution in [-0.4, -0.2) is 18.6 Å². The largest absolute Gasteiger partial charge is 0.377 e. The molecule has 1 atom stereocenters. The number of benzene rings is 1. The number of nitrogens with zero attached hydrogens (tertiary/aromatic N) is 1. The zero-order chi connectivity index (χ0) is 14.0. The highest BCUT2D eigenvalue weighted by atomic mass is 32.2. The molecule has 0 bridgehead atoms. The molecule has 1 heterocycles. The third kappa shape index (κ3) is 3.12. The number of nitrogens with two attached hydrogens (primary N) is 1. The Labute approximate surface area is 112 Å². The van der Waals surface area contributed by atoms with Crippen LogP contribution in [0.2, 0.25) is 0 Å². The van der Waals surface area contributed by atoms with Crippen LogP contribution in [-0.2, 0) is 10.0 Å². The van der Waals surface area contributed by atoms with Gasteiger partial charge in [-0.25, -0.2) is 13.6 Å². The molecular formula is C12H16N4O2S. The number of aryl methyl sites for hydroxylation is 1. The van der Waals surface area contributed by atoms with Gasteiger partial charge >= 0.3 is 0 Å². The zero-order valence-electron chi connectivity index (χ0n) is 10.7. The van der Waals surface area contributed by atoms with Gasteiger partial charge in [0.05, 0.1) is 16.6 Å². The molecule has 1 unspecified atom stereocenters. The molecule has 6 nitrogen and oxygen atoms in total. The van der Waals surface area contributed by atoms with Gasteiger partial charge in [0.1, 0.15) is 0 Å². The highest BCUT2D eigenvalue weighted by Crippen LogP contribution is 2.23. The minimum absolute atomic E-state index is 0.0167. The predicted octanol–water partition coefficient (Wildman–Crippen LogP) is 1.54. The van der Waals surface area contributed by atoms with Gasteiger partial charge in [0.2, 0.25) is 10.0 Å². The van der Waals surface area contributed by atoms with Crippen LogP contribution in [0.3, 0.4) is 0 Å². The molecule has 1 aromatic carbocycles. The third-order valence-corrected chi connectivity index (χ3v) is 3.81. The standard InChI is InChI=1S/C12H16N4O2S/c1-8-3-4-10(19(13,17)18)7-12(8)15-9(2)11-5-6-14-16-11/h3-7,9,15H,1-2H3,(H,14,16)(H2,13,17,18). The van der Waals surface area contributed by atoms with Crippen LogP contribution in [0.1, 0.15) is 24.2 Å². The number of anilines is 1. The van der Waals surface area contributed by atoms with Crippen LogP contribution in [0.4, 0.5) is 5.69 Å². The van der Waals surface area contributed by atoms with E-state index >= 15 is 0 Å². The van der Waals surface area contributed by atoms with Crippen molar-refractivity contribution >= 4 is 15.7 Å². The van der Waals surface area contributed by atoms with E-state index in [1.54, 1.807) is 12.3 Å². The highest BCUT2D eigenvalue weighted by Gasteiger charge is 2.12. The molecule has 0 saturated carbocycles. The number of aromatic amines is 1. The average Bonchev–Trinajstić information content (AvgIpc) is 2.84. The lowest BCUT2D eigenvalue weighted by Crippen LogP contribution is -2.14. The van der Waals surface area contributed by atoms with E-state index in [1.165, 1.54) is 12.1 Å². The summed E-state index contributed by atoms with van der Waals surface area (Å²) in [6, 6.07) is 6.60. The number of aromatic nitrogens is 2. The molecule has 19 heavy (non-hydrogen) atoms. The maximum atomic E-state index is 11.3.